The van der Waals surface area contributed by atoms with Crippen LogP contribution in [0.15, 0.2) is 16.9 Å². The van der Waals surface area contributed by atoms with Gasteiger partial charge in [-0.3, -0.25) is 14.4 Å². The number of carboxylic acid groups (broad SMARTS) is 1. The number of quaternary nitrogens is 1. The number of nitrogens with zero attached hydrogens (tertiary/aromatic N) is 7. The predicted octanol–water partition coefficient (Wildman–Crippen LogP) is -1.25. The number of rotatable bonds is 11. The van der Waals surface area contributed by atoms with E-state index < -0.39 is 11.9 Å². The van der Waals surface area contributed by atoms with Crippen molar-refractivity contribution >= 4 is 35.3 Å². The second kappa shape index (κ2) is 11.8. The molecule has 3 fully saturated rings. The van der Waals surface area contributed by atoms with E-state index in [9.17, 15) is 24.3 Å². The standard InChI is InChI=1S/C26H39N9O5S/c1-15(10-17(36)13-33-14-29-30-31-33)20-21-16(2)23(22(26(39)40)34(21)25(20)38)41-18-11-19(28-12-18)24(37)32-5-8-35(3,7-4-27)9-6-32/h14-16,18-21,28H,4-13,27H2,1-3H3/p+1/t15-,16+,18-,19?,20+,21+/m0/s1. The minimum Gasteiger partial charge on any atom is -0.477 e. The molecular weight excluding hydrogens is 550 g/mol. The number of piperazine rings is 1. The molecule has 0 radical (unpaired) electrons. The molecule has 0 saturated carbocycles. The van der Waals surface area contributed by atoms with Crippen LogP contribution in [0.25, 0.3) is 0 Å². The Hall–Kier alpha value is -2.88. The zero-order chi connectivity index (χ0) is 29.5. The molecule has 0 spiro atoms. The van der Waals surface area contributed by atoms with E-state index in [-0.39, 0.29) is 65.4 Å². The number of carbonyl (C=O) groups is 4. The van der Waals surface area contributed by atoms with Crippen LogP contribution >= 0.6 is 11.8 Å². The number of amides is 2. The fraction of sp³-hybridized carbons (Fsp3) is 0.731. The van der Waals surface area contributed by atoms with E-state index in [2.05, 4.69) is 27.9 Å². The average molecular weight is 591 g/mol. The highest BCUT2D eigenvalue weighted by Crippen LogP contribution is 2.53. The van der Waals surface area contributed by atoms with Crippen molar-refractivity contribution in [2.75, 3.05) is 52.9 Å². The summed E-state index contributed by atoms with van der Waals surface area (Å²) >= 11 is 1.48. The minimum absolute atomic E-state index is 0.0152. The quantitative estimate of drug-likeness (QED) is 0.207. The lowest BCUT2D eigenvalue weighted by molar-refractivity contribution is -0.911. The number of β-lactam (4-membered cyclic amide) rings is 1. The number of Topliss-reactive ketones (excluding diaryl/α,β-unsaturated/α-hetero) is 1. The van der Waals surface area contributed by atoms with Gasteiger partial charge in [-0.05, 0) is 22.8 Å². The monoisotopic (exact) mass is 590 g/mol. The number of nitrogens with one attached hydrogen (secondary N) is 1. The molecule has 1 unspecified atom stereocenters. The molecule has 5 heterocycles. The van der Waals surface area contributed by atoms with Gasteiger partial charge >= 0.3 is 5.97 Å². The van der Waals surface area contributed by atoms with Crippen molar-refractivity contribution in [1.29, 1.82) is 0 Å². The molecule has 14 nitrogen and oxygen atoms in total. The number of carboxylic acids is 1. The Morgan fingerprint density at radius 2 is 2.02 bits per heavy atom. The molecule has 4 aliphatic heterocycles. The number of aliphatic carboxylic acids is 1. The minimum atomic E-state index is -1.12. The van der Waals surface area contributed by atoms with E-state index in [0.717, 1.165) is 24.1 Å². The van der Waals surface area contributed by atoms with E-state index in [1.54, 1.807) is 0 Å². The number of likely N-dealkylation sites (N-methyl/N-ethyl adjacent to an activating group) is 1. The van der Waals surface area contributed by atoms with Gasteiger partial charge in [0.1, 0.15) is 18.6 Å². The molecule has 4 aliphatic rings. The second-order valence-electron chi connectivity index (χ2n) is 12.1. The number of ketones is 1. The zero-order valence-corrected chi connectivity index (χ0v) is 24.6. The lowest BCUT2D eigenvalue weighted by Gasteiger charge is -2.47. The van der Waals surface area contributed by atoms with Crippen LogP contribution in [0, 0.1) is 17.8 Å². The number of fused-ring (bicyclic) bond motifs is 1. The number of nitrogens with two attached hydrogens (primary N) is 1. The van der Waals surface area contributed by atoms with Gasteiger partial charge in [0, 0.05) is 35.6 Å². The Labute approximate surface area is 243 Å². The normalized spacial score (nSPS) is 29.9. The highest BCUT2D eigenvalue weighted by molar-refractivity contribution is 8.03. The Bertz CT molecular complexity index is 1220. The Morgan fingerprint density at radius 3 is 2.66 bits per heavy atom. The smallest absolute Gasteiger partial charge is 0.353 e. The average Bonchev–Trinajstić information content (AvgIpc) is 3.65. The first-order chi connectivity index (χ1) is 19.5. The summed E-state index contributed by atoms with van der Waals surface area (Å²) in [7, 11) is 2.18. The molecule has 1 aromatic heterocycles. The van der Waals surface area contributed by atoms with Crippen LogP contribution in [0.1, 0.15) is 26.7 Å². The van der Waals surface area contributed by atoms with Crippen LogP contribution in [-0.2, 0) is 25.7 Å². The summed E-state index contributed by atoms with van der Waals surface area (Å²) in [5.41, 5.74) is 5.81. The topological polar surface area (TPSA) is 177 Å². The van der Waals surface area contributed by atoms with E-state index >= 15 is 0 Å². The van der Waals surface area contributed by atoms with E-state index in [4.69, 9.17) is 5.73 Å². The summed E-state index contributed by atoms with van der Waals surface area (Å²) < 4.78 is 2.22. The van der Waals surface area contributed by atoms with Crippen LogP contribution in [-0.4, -0.2) is 133 Å². The molecule has 41 heavy (non-hydrogen) atoms. The van der Waals surface area contributed by atoms with Gasteiger partial charge in [-0.15, -0.1) is 16.9 Å². The number of aromatic nitrogens is 4. The van der Waals surface area contributed by atoms with Crippen molar-refractivity contribution in [3.8, 4) is 0 Å². The molecular formula is C26H40N9O5S+. The Balaban J connectivity index is 1.19. The maximum absolute atomic E-state index is 13.3. The molecule has 0 aliphatic carbocycles. The van der Waals surface area contributed by atoms with E-state index in [1.165, 1.54) is 27.7 Å². The molecule has 0 bridgehead atoms. The summed E-state index contributed by atoms with van der Waals surface area (Å²) in [6.07, 6.45) is 2.14. The fourth-order valence-corrected chi connectivity index (χ4v) is 8.31. The SMILES string of the molecule is C[C@@H](CC(=O)Cn1cnnn1)[C@H]1C(=O)N2C(C(=O)O)=C(S[C@@H]3CNC(C(=O)N4CC[N+](C)(CCN)CC4)C3)[C@H](C)[C@H]12. The van der Waals surface area contributed by atoms with Gasteiger partial charge < -0.3 is 30.4 Å². The molecule has 0 aromatic carbocycles. The summed E-state index contributed by atoms with van der Waals surface area (Å²) in [4.78, 5) is 55.5. The van der Waals surface area contributed by atoms with Crippen molar-refractivity contribution in [2.45, 2.75) is 50.6 Å². The number of carbonyl (C=O) groups excluding carboxylic acids is 3. The Kier molecular flexibility index (Phi) is 8.51. The predicted molar refractivity (Wildman–Crippen MR) is 149 cm³/mol. The molecule has 224 valence electrons. The van der Waals surface area contributed by atoms with Crippen molar-refractivity contribution in [2.24, 2.45) is 23.5 Å². The molecule has 6 atom stereocenters. The highest BCUT2D eigenvalue weighted by atomic mass is 32.2. The van der Waals surface area contributed by atoms with Gasteiger partial charge in [0.05, 0.1) is 57.8 Å². The summed E-state index contributed by atoms with van der Waals surface area (Å²) in [5.74, 6) is -2.23. The molecule has 4 N–H and O–H groups in total. The van der Waals surface area contributed by atoms with Gasteiger partial charge in [-0.2, -0.15) is 0 Å². The largest absolute Gasteiger partial charge is 0.477 e. The zero-order valence-electron chi connectivity index (χ0n) is 23.8. The molecule has 1 aromatic rings. The fourth-order valence-electron chi connectivity index (χ4n) is 6.84. The second-order valence-corrected chi connectivity index (χ2v) is 13.4. The van der Waals surface area contributed by atoms with Gasteiger partial charge in [-0.1, -0.05) is 13.8 Å². The van der Waals surface area contributed by atoms with Gasteiger partial charge in [0.15, 0.2) is 5.78 Å². The van der Waals surface area contributed by atoms with Crippen LogP contribution in [0.4, 0.5) is 0 Å². The number of hydrogen-bond donors (Lipinski definition) is 3. The lowest BCUT2D eigenvalue weighted by atomic mass is 9.73. The summed E-state index contributed by atoms with van der Waals surface area (Å²) in [6, 6.07) is -0.602. The van der Waals surface area contributed by atoms with E-state index in [0.29, 0.717) is 37.5 Å². The van der Waals surface area contributed by atoms with Crippen molar-refractivity contribution in [3.05, 3.63) is 16.9 Å². The molecule has 5 rings (SSSR count). The first-order valence-corrected chi connectivity index (χ1v) is 15.2. The van der Waals surface area contributed by atoms with E-state index in [1.807, 2.05) is 18.7 Å². The third-order valence-corrected chi connectivity index (χ3v) is 10.7. The first kappa shape index (κ1) is 29.6. The van der Waals surface area contributed by atoms with Crippen LogP contribution < -0.4 is 11.1 Å². The lowest BCUT2D eigenvalue weighted by Crippen LogP contribution is -2.62. The highest BCUT2D eigenvalue weighted by Gasteiger charge is 2.60. The number of thioether (sulfide) groups is 1. The Morgan fingerprint density at radius 1 is 1.29 bits per heavy atom. The number of tetrazole rings is 1. The van der Waals surface area contributed by atoms with Crippen molar-refractivity contribution in [1.82, 2.24) is 35.3 Å². The summed E-state index contributed by atoms with van der Waals surface area (Å²) in [5, 5.41) is 24.2. The summed E-state index contributed by atoms with van der Waals surface area (Å²) in [6.45, 7) is 9.14. The van der Waals surface area contributed by atoms with Crippen LogP contribution in [0.3, 0.4) is 0 Å². The van der Waals surface area contributed by atoms with Gasteiger partial charge in [0.2, 0.25) is 11.8 Å². The molecule has 15 heteroatoms. The van der Waals surface area contributed by atoms with Gasteiger partial charge in [0.25, 0.3) is 0 Å². The first-order valence-electron chi connectivity index (χ1n) is 14.3. The molecule has 2 amide bonds. The van der Waals surface area contributed by atoms with Gasteiger partial charge in [-0.25, -0.2) is 9.48 Å². The number of hydrogen-bond acceptors (Lipinski definition) is 10. The van der Waals surface area contributed by atoms with Crippen LogP contribution in [0.5, 0.6) is 0 Å². The maximum atomic E-state index is 13.3. The third kappa shape index (κ3) is 5.76. The van der Waals surface area contributed by atoms with Crippen molar-refractivity contribution < 1.29 is 28.8 Å². The van der Waals surface area contributed by atoms with Crippen molar-refractivity contribution in [3.63, 3.8) is 0 Å². The third-order valence-electron chi connectivity index (χ3n) is 9.17. The molecule has 3 saturated heterocycles. The maximum Gasteiger partial charge on any atom is 0.353 e. The van der Waals surface area contributed by atoms with Crippen LogP contribution in [0.2, 0.25) is 0 Å².